The highest BCUT2D eigenvalue weighted by atomic mass is 35.5. The van der Waals surface area contributed by atoms with Crippen LogP contribution in [-0.2, 0) is 6.54 Å². The number of hydrogen-bond donors (Lipinski definition) is 0. The average Bonchev–Trinajstić information content (AvgIpc) is 2.32. The number of nitro groups is 1. The van der Waals surface area contributed by atoms with Gasteiger partial charge in [-0.25, -0.2) is 4.57 Å². The summed E-state index contributed by atoms with van der Waals surface area (Å²) in [5, 5.41) is 10.9. The van der Waals surface area contributed by atoms with Crippen molar-refractivity contribution in [1.82, 2.24) is 0 Å². The Balaban J connectivity index is 0.00000162. The van der Waals surface area contributed by atoms with Crippen molar-refractivity contribution in [2.24, 2.45) is 0 Å². The molecule has 5 heteroatoms. The molecule has 0 saturated heterocycles. The van der Waals surface area contributed by atoms with E-state index in [0.29, 0.717) is 12.1 Å². The average molecular weight is 265 g/mol. The number of pyridine rings is 1. The van der Waals surface area contributed by atoms with Crippen LogP contribution in [-0.4, -0.2) is 4.92 Å². The SMILES string of the molecule is Cc1cc[n+](Cc2ccccc2[N+](=O)[O-])cc1.[Cl-]. The van der Waals surface area contributed by atoms with Crippen LogP contribution >= 0.6 is 0 Å². The number of nitrogens with zero attached hydrogens (tertiary/aromatic N) is 2. The second kappa shape index (κ2) is 6.12. The van der Waals surface area contributed by atoms with Gasteiger partial charge in [-0.05, 0) is 18.6 Å². The maximum absolute atomic E-state index is 10.9. The number of halogens is 1. The van der Waals surface area contributed by atoms with Crippen LogP contribution in [0.25, 0.3) is 0 Å². The molecule has 1 aromatic carbocycles. The molecule has 94 valence electrons. The summed E-state index contributed by atoms with van der Waals surface area (Å²) >= 11 is 0. The lowest BCUT2D eigenvalue weighted by Gasteiger charge is -1.99. The predicted molar refractivity (Wildman–Crippen MR) is 63.6 cm³/mol. The highest BCUT2D eigenvalue weighted by Crippen LogP contribution is 2.16. The van der Waals surface area contributed by atoms with Gasteiger partial charge in [0.2, 0.25) is 0 Å². The molecular formula is C13H13ClN2O2. The first-order valence-corrected chi connectivity index (χ1v) is 5.35. The molecule has 2 rings (SSSR count). The number of nitro benzene ring substituents is 1. The lowest BCUT2D eigenvalue weighted by atomic mass is 10.2. The summed E-state index contributed by atoms with van der Waals surface area (Å²) in [6.45, 7) is 2.52. The summed E-state index contributed by atoms with van der Waals surface area (Å²) in [5.74, 6) is 0. The molecule has 2 aromatic rings. The van der Waals surface area contributed by atoms with E-state index in [4.69, 9.17) is 0 Å². The fourth-order valence-electron chi connectivity index (χ4n) is 1.66. The van der Waals surface area contributed by atoms with E-state index in [9.17, 15) is 10.1 Å². The normalized spacial score (nSPS) is 9.61. The lowest BCUT2D eigenvalue weighted by Crippen LogP contribution is -3.00. The van der Waals surface area contributed by atoms with Crippen molar-refractivity contribution >= 4 is 5.69 Å². The molecule has 1 aromatic heterocycles. The molecule has 0 unspecified atom stereocenters. The minimum Gasteiger partial charge on any atom is -1.00 e. The minimum atomic E-state index is -0.343. The van der Waals surface area contributed by atoms with Crippen molar-refractivity contribution in [3.63, 3.8) is 0 Å². The molecule has 0 aliphatic rings. The third-order valence-corrected chi connectivity index (χ3v) is 2.60. The van der Waals surface area contributed by atoms with E-state index in [0.717, 1.165) is 0 Å². The van der Waals surface area contributed by atoms with Crippen LogP contribution in [0.4, 0.5) is 5.69 Å². The number of para-hydroxylation sites is 1. The molecule has 1 heterocycles. The first-order chi connectivity index (χ1) is 8.16. The highest BCUT2D eigenvalue weighted by Gasteiger charge is 2.15. The molecule has 0 aliphatic heterocycles. The summed E-state index contributed by atoms with van der Waals surface area (Å²) in [5.41, 5.74) is 2.05. The highest BCUT2D eigenvalue weighted by molar-refractivity contribution is 5.39. The van der Waals surface area contributed by atoms with E-state index >= 15 is 0 Å². The maximum Gasteiger partial charge on any atom is 0.278 e. The summed E-state index contributed by atoms with van der Waals surface area (Å²) in [6.07, 6.45) is 3.85. The molecule has 0 fully saturated rings. The van der Waals surface area contributed by atoms with E-state index in [2.05, 4.69) is 0 Å². The Hall–Kier alpha value is -1.94. The molecule has 0 bridgehead atoms. The molecule has 0 amide bonds. The van der Waals surface area contributed by atoms with Gasteiger partial charge < -0.3 is 12.4 Å². The van der Waals surface area contributed by atoms with Crippen LogP contribution < -0.4 is 17.0 Å². The van der Waals surface area contributed by atoms with Crippen molar-refractivity contribution in [3.8, 4) is 0 Å². The monoisotopic (exact) mass is 264 g/mol. The predicted octanol–water partition coefficient (Wildman–Crippen LogP) is -0.757. The molecule has 18 heavy (non-hydrogen) atoms. The van der Waals surface area contributed by atoms with Crippen molar-refractivity contribution in [1.29, 1.82) is 0 Å². The van der Waals surface area contributed by atoms with Crippen molar-refractivity contribution in [2.75, 3.05) is 0 Å². The number of aromatic nitrogens is 1. The van der Waals surface area contributed by atoms with Gasteiger partial charge in [-0.2, -0.15) is 0 Å². The first-order valence-electron chi connectivity index (χ1n) is 5.35. The van der Waals surface area contributed by atoms with Crippen molar-refractivity contribution in [2.45, 2.75) is 13.5 Å². The Kier molecular flexibility index (Phi) is 4.80. The number of benzene rings is 1. The fourth-order valence-corrected chi connectivity index (χ4v) is 1.66. The van der Waals surface area contributed by atoms with Crippen LogP contribution in [0.3, 0.4) is 0 Å². The van der Waals surface area contributed by atoms with Crippen molar-refractivity contribution < 1.29 is 21.9 Å². The summed E-state index contributed by atoms with van der Waals surface area (Å²) in [7, 11) is 0. The molecule has 4 nitrogen and oxygen atoms in total. The molecule has 0 atom stereocenters. The first kappa shape index (κ1) is 14.1. The van der Waals surface area contributed by atoms with Crippen LogP contribution in [0.2, 0.25) is 0 Å². The Morgan fingerprint density at radius 1 is 1.17 bits per heavy atom. The van der Waals surface area contributed by atoms with Crippen molar-refractivity contribution in [3.05, 3.63) is 70.0 Å². The van der Waals surface area contributed by atoms with Gasteiger partial charge in [0.15, 0.2) is 18.9 Å². The second-order valence-corrected chi connectivity index (χ2v) is 3.93. The van der Waals surface area contributed by atoms with E-state index in [1.165, 1.54) is 11.6 Å². The minimum absolute atomic E-state index is 0. The second-order valence-electron chi connectivity index (χ2n) is 3.93. The number of aryl methyl sites for hydroxylation is 1. The van der Waals surface area contributed by atoms with Crippen LogP contribution in [0.5, 0.6) is 0 Å². The number of rotatable bonds is 3. The maximum atomic E-state index is 10.9. The summed E-state index contributed by atoms with van der Waals surface area (Å²) in [4.78, 5) is 10.5. The molecule has 0 spiro atoms. The van der Waals surface area contributed by atoms with Gasteiger partial charge >= 0.3 is 0 Å². The van der Waals surface area contributed by atoms with Crippen LogP contribution in [0.1, 0.15) is 11.1 Å². The number of hydrogen-bond acceptors (Lipinski definition) is 2. The lowest BCUT2D eigenvalue weighted by molar-refractivity contribution is -0.688. The Bertz CT molecular complexity index is 541. The standard InChI is InChI=1S/C13H13N2O2.ClH/c1-11-6-8-14(9-7-11)10-12-4-2-3-5-13(12)15(16)17;/h2-9H,10H2,1H3;1H/q+1;/p-1. The molecule has 0 aliphatic carbocycles. The van der Waals surface area contributed by atoms with Gasteiger partial charge in [0.25, 0.3) is 5.69 Å². The van der Waals surface area contributed by atoms with Gasteiger partial charge in [0.05, 0.1) is 10.5 Å². The largest absolute Gasteiger partial charge is 1.00 e. The van der Waals surface area contributed by atoms with E-state index in [-0.39, 0.29) is 23.0 Å². The fraction of sp³-hybridized carbons (Fsp3) is 0.154. The van der Waals surface area contributed by atoms with E-state index < -0.39 is 0 Å². The summed E-state index contributed by atoms with van der Waals surface area (Å²) < 4.78 is 1.93. The summed E-state index contributed by atoms with van der Waals surface area (Å²) in [6, 6.07) is 10.8. The van der Waals surface area contributed by atoms with Gasteiger partial charge in [-0.1, -0.05) is 12.1 Å². The van der Waals surface area contributed by atoms with E-state index in [1.54, 1.807) is 12.1 Å². The zero-order valence-corrected chi connectivity index (χ0v) is 10.7. The van der Waals surface area contributed by atoms with Gasteiger partial charge in [0, 0.05) is 18.2 Å². The third-order valence-electron chi connectivity index (χ3n) is 2.60. The Labute approximate surface area is 111 Å². The molecule has 0 N–H and O–H groups in total. The zero-order chi connectivity index (χ0) is 12.3. The topological polar surface area (TPSA) is 47.0 Å². The Morgan fingerprint density at radius 2 is 1.78 bits per heavy atom. The quantitative estimate of drug-likeness (QED) is 0.416. The van der Waals surface area contributed by atoms with Crippen LogP contribution in [0.15, 0.2) is 48.8 Å². The smallest absolute Gasteiger partial charge is 0.278 e. The van der Waals surface area contributed by atoms with Crippen LogP contribution in [0, 0.1) is 17.0 Å². The van der Waals surface area contributed by atoms with E-state index in [1.807, 2.05) is 42.1 Å². The Morgan fingerprint density at radius 3 is 2.39 bits per heavy atom. The van der Waals surface area contributed by atoms with Gasteiger partial charge in [-0.15, -0.1) is 0 Å². The molecule has 0 saturated carbocycles. The zero-order valence-electron chi connectivity index (χ0n) is 9.91. The third kappa shape index (κ3) is 3.28. The van der Waals surface area contributed by atoms with Gasteiger partial charge in [-0.3, -0.25) is 10.1 Å². The van der Waals surface area contributed by atoms with Gasteiger partial charge in [0.1, 0.15) is 0 Å². The molecular weight excluding hydrogens is 252 g/mol. The molecule has 0 radical (unpaired) electrons.